The van der Waals surface area contributed by atoms with Gasteiger partial charge in [-0.1, -0.05) is 36.4 Å². The number of nitrogens with one attached hydrogen (secondary N) is 1. The molecule has 0 aromatic heterocycles. The predicted octanol–water partition coefficient (Wildman–Crippen LogP) is 3.84. The van der Waals surface area contributed by atoms with Gasteiger partial charge in [0.15, 0.2) is 5.78 Å². The Morgan fingerprint density at radius 1 is 1.13 bits per heavy atom. The number of para-hydroxylation sites is 1. The van der Waals surface area contributed by atoms with Crippen LogP contribution in [-0.2, 0) is 6.42 Å². The zero-order chi connectivity index (χ0) is 16.4. The van der Waals surface area contributed by atoms with E-state index in [0.29, 0.717) is 11.3 Å². The second-order valence-corrected chi connectivity index (χ2v) is 6.47. The summed E-state index contributed by atoms with van der Waals surface area (Å²) in [5, 5.41) is 3.49. The third kappa shape index (κ3) is 3.14. The molecule has 0 radical (unpaired) electrons. The Kier molecular flexibility index (Phi) is 3.95. The average molecular weight is 307 g/mol. The number of benzene rings is 2. The summed E-state index contributed by atoms with van der Waals surface area (Å²) in [6.07, 6.45) is 2.61. The Bertz CT molecular complexity index is 775. The number of fused-ring (bicyclic) bond motifs is 1. The zero-order valence-corrected chi connectivity index (χ0v) is 13.7. The van der Waals surface area contributed by atoms with E-state index in [1.54, 1.807) is 25.3 Å². The molecule has 0 atom stereocenters. The van der Waals surface area contributed by atoms with Crippen molar-refractivity contribution in [2.75, 3.05) is 7.11 Å². The number of ketones is 1. The number of ether oxygens (including phenoxy) is 1. The number of rotatable bonds is 3. The first kappa shape index (κ1) is 15.3. The van der Waals surface area contributed by atoms with Gasteiger partial charge in [-0.05, 0) is 38.0 Å². The minimum atomic E-state index is -0.0821. The standard InChI is InChI=1S/C20H21NO2/c1-20(2)13-14-8-4-5-9-15(14)17(21-20)12-18(22)16-10-6-7-11-19(16)23-3/h4-12,21H,13H2,1-3H3/b17-12+. The van der Waals surface area contributed by atoms with Crippen molar-refractivity contribution in [2.45, 2.75) is 25.8 Å². The average Bonchev–Trinajstić information content (AvgIpc) is 2.53. The summed E-state index contributed by atoms with van der Waals surface area (Å²) in [6.45, 7) is 4.29. The number of hydrogen-bond acceptors (Lipinski definition) is 3. The summed E-state index contributed by atoms with van der Waals surface area (Å²) >= 11 is 0. The zero-order valence-electron chi connectivity index (χ0n) is 13.7. The number of carbonyl (C=O) groups excluding carboxylic acids is 1. The molecular weight excluding hydrogens is 286 g/mol. The molecule has 2 aromatic carbocycles. The highest BCUT2D eigenvalue weighted by molar-refractivity contribution is 6.10. The predicted molar refractivity (Wildman–Crippen MR) is 92.7 cm³/mol. The van der Waals surface area contributed by atoms with E-state index in [-0.39, 0.29) is 11.3 Å². The largest absolute Gasteiger partial charge is 0.496 e. The van der Waals surface area contributed by atoms with Crippen LogP contribution in [0, 0.1) is 0 Å². The molecule has 0 amide bonds. The lowest BCUT2D eigenvalue weighted by Gasteiger charge is -2.35. The van der Waals surface area contributed by atoms with E-state index in [1.165, 1.54) is 5.56 Å². The summed E-state index contributed by atoms with van der Waals surface area (Å²) < 4.78 is 5.30. The molecule has 3 nitrogen and oxygen atoms in total. The molecular formula is C20H21NO2. The minimum Gasteiger partial charge on any atom is -0.496 e. The third-order valence-electron chi connectivity index (χ3n) is 4.06. The highest BCUT2D eigenvalue weighted by Crippen LogP contribution is 2.30. The maximum Gasteiger partial charge on any atom is 0.191 e. The minimum absolute atomic E-state index is 0.0579. The van der Waals surface area contributed by atoms with Crippen molar-refractivity contribution < 1.29 is 9.53 Å². The molecule has 1 aliphatic rings. The third-order valence-corrected chi connectivity index (χ3v) is 4.06. The van der Waals surface area contributed by atoms with Gasteiger partial charge in [0.1, 0.15) is 5.75 Å². The quantitative estimate of drug-likeness (QED) is 0.691. The van der Waals surface area contributed by atoms with Gasteiger partial charge in [0.25, 0.3) is 0 Å². The molecule has 1 heterocycles. The van der Waals surface area contributed by atoms with Gasteiger partial charge in [0.05, 0.1) is 12.7 Å². The Labute approximate surface area is 137 Å². The van der Waals surface area contributed by atoms with Crippen LogP contribution in [-0.4, -0.2) is 18.4 Å². The highest BCUT2D eigenvalue weighted by Gasteiger charge is 2.27. The van der Waals surface area contributed by atoms with Crippen molar-refractivity contribution in [2.24, 2.45) is 0 Å². The van der Waals surface area contributed by atoms with E-state index in [9.17, 15) is 4.79 Å². The number of carbonyl (C=O) groups is 1. The molecule has 0 saturated heterocycles. The number of methoxy groups -OCH3 is 1. The van der Waals surface area contributed by atoms with Crippen LogP contribution in [0.2, 0.25) is 0 Å². The molecule has 118 valence electrons. The van der Waals surface area contributed by atoms with Crippen molar-refractivity contribution >= 4 is 11.5 Å². The molecule has 3 heteroatoms. The number of allylic oxidation sites excluding steroid dienone is 1. The van der Waals surface area contributed by atoms with Crippen LogP contribution < -0.4 is 10.1 Å². The normalized spacial score (nSPS) is 17.3. The van der Waals surface area contributed by atoms with Crippen LogP contribution >= 0.6 is 0 Å². The van der Waals surface area contributed by atoms with Crippen molar-refractivity contribution in [3.05, 3.63) is 71.3 Å². The maximum atomic E-state index is 12.7. The van der Waals surface area contributed by atoms with E-state index in [1.807, 2.05) is 24.3 Å². The van der Waals surface area contributed by atoms with Gasteiger partial charge in [0, 0.05) is 22.9 Å². The Hall–Kier alpha value is -2.55. The van der Waals surface area contributed by atoms with Crippen molar-refractivity contribution in [1.82, 2.24) is 5.32 Å². The summed E-state index contributed by atoms with van der Waals surface area (Å²) in [6, 6.07) is 15.5. The van der Waals surface area contributed by atoms with E-state index < -0.39 is 0 Å². The van der Waals surface area contributed by atoms with Crippen LogP contribution in [0.15, 0.2) is 54.6 Å². The lowest BCUT2D eigenvalue weighted by molar-refractivity contribution is 0.104. The summed E-state index contributed by atoms with van der Waals surface area (Å²) in [4.78, 5) is 12.7. The van der Waals surface area contributed by atoms with Crippen molar-refractivity contribution in [3.63, 3.8) is 0 Å². The fourth-order valence-corrected chi connectivity index (χ4v) is 3.06. The second kappa shape index (κ2) is 5.92. The van der Waals surface area contributed by atoms with Crippen LogP contribution in [0.1, 0.15) is 35.3 Å². The summed E-state index contributed by atoms with van der Waals surface area (Å²) in [5.41, 5.74) is 3.71. The Morgan fingerprint density at radius 2 is 1.83 bits per heavy atom. The molecule has 0 aliphatic carbocycles. The van der Waals surface area contributed by atoms with Gasteiger partial charge in [-0.2, -0.15) is 0 Å². The first-order chi connectivity index (χ1) is 11.0. The summed E-state index contributed by atoms with van der Waals surface area (Å²) in [5.74, 6) is 0.537. The molecule has 0 unspecified atom stereocenters. The molecule has 0 bridgehead atoms. The fraction of sp³-hybridized carbons (Fsp3) is 0.250. The smallest absolute Gasteiger partial charge is 0.191 e. The van der Waals surface area contributed by atoms with E-state index in [2.05, 4.69) is 31.3 Å². The van der Waals surface area contributed by atoms with Crippen LogP contribution in [0.5, 0.6) is 5.75 Å². The summed E-state index contributed by atoms with van der Waals surface area (Å²) in [7, 11) is 1.58. The lowest BCUT2D eigenvalue weighted by atomic mass is 9.85. The van der Waals surface area contributed by atoms with Crippen molar-refractivity contribution in [1.29, 1.82) is 0 Å². The van der Waals surface area contributed by atoms with E-state index in [0.717, 1.165) is 17.7 Å². The number of hydrogen-bond donors (Lipinski definition) is 1. The first-order valence-corrected chi connectivity index (χ1v) is 7.76. The van der Waals surface area contributed by atoms with Gasteiger partial charge < -0.3 is 10.1 Å². The van der Waals surface area contributed by atoms with Crippen LogP contribution in [0.3, 0.4) is 0 Å². The fourth-order valence-electron chi connectivity index (χ4n) is 3.06. The van der Waals surface area contributed by atoms with Crippen molar-refractivity contribution in [3.8, 4) is 5.75 Å². The Balaban J connectivity index is 2.03. The maximum absolute atomic E-state index is 12.7. The van der Waals surface area contributed by atoms with E-state index in [4.69, 9.17) is 4.74 Å². The van der Waals surface area contributed by atoms with Gasteiger partial charge >= 0.3 is 0 Å². The SMILES string of the molecule is COc1ccccc1C(=O)/C=C1/NC(C)(C)Cc2ccccc21. The van der Waals surface area contributed by atoms with E-state index >= 15 is 0 Å². The molecule has 3 rings (SSSR count). The van der Waals surface area contributed by atoms with Gasteiger partial charge in [-0.3, -0.25) is 4.79 Å². The molecule has 0 fully saturated rings. The second-order valence-electron chi connectivity index (χ2n) is 6.47. The topological polar surface area (TPSA) is 38.3 Å². The van der Waals surface area contributed by atoms with Gasteiger partial charge in [-0.15, -0.1) is 0 Å². The highest BCUT2D eigenvalue weighted by atomic mass is 16.5. The molecule has 23 heavy (non-hydrogen) atoms. The molecule has 2 aromatic rings. The van der Waals surface area contributed by atoms with Gasteiger partial charge in [-0.25, -0.2) is 0 Å². The molecule has 0 saturated carbocycles. The van der Waals surface area contributed by atoms with Crippen LogP contribution in [0.4, 0.5) is 0 Å². The Morgan fingerprint density at radius 3 is 2.61 bits per heavy atom. The van der Waals surface area contributed by atoms with Gasteiger partial charge in [0.2, 0.25) is 0 Å². The molecule has 0 spiro atoms. The first-order valence-electron chi connectivity index (χ1n) is 7.76. The molecule has 1 N–H and O–H groups in total. The molecule has 1 aliphatic heterocycles. The lowest BCUT2D eigenvalue weighted by Crippen LogP contribution is -2.43. The van der Waals surface area contributed by atoms with Crippen LogP contribution in [0.25, 0.3) is 5.70 Å². The monoisotopic (exact) mass is 307 g/mol.